The van der Waals surface area contributed by atoms with Crippen molar-refractivity contribution >= 4 is 46.3 Å². The second-order valence-corrected chi connectivity index (χ2v) is 10.4. The van der Waals surface area contributed by atoms with Crippen LogP contribution in [-0.4, -0.2) is 43.7 Å². The largest absolute Gasteiger partial charge is 0.495 e. The topological polar surface area (TPSA) is 41.9 Å². The molecule has 2 aliphatic rings. The fourth-order valence-corrected chi connectivity index (χ4v) is 5.18. The molecule has 3 aromatic rings. The maximum absolute atomic E-state index is 10.00. The maximum Gasteiger partial charge on any atom is 0.178 e. The summed E-state index contributed by atoms with van der Waals surface area (Å²) in [6.07, 6.45) is 5.52. The summed E-state index contributed by atoms with van der Waals surface area (Å²) in [4.78, 5) is 2.32. The highest BCUT2D eigenvalue weighted by molar-refractivity contribution is 9.10. The molecule has 0 radical (unpaired) electrons. The van der Waals surface area contributed by atoms with Crippen molar-refractivity contribution < 1.29 is 14.6 Å². The van der Waals surface area contributed by atoms with Gasteiger partial charge in [-0.25, -0.2) is 0 Å². The van der Waals surface area contributed by atoms with E-state index in [0.29, 0.717) is 0 Å². The molecule has 6 heteroatoms. The molecule has 164 valence electrons. The van der Waals surface area contributed by atoms with E-state index in [0.717, 1.165) is 59.5 Å². The van der Waals surface area contributed by atoms with Gasteiger partial charge in [0.05, 0.1) is 18.9 Å². The van der Waals surface area contributed by atoms with Gasteiger partial charge in [0, 0.05) is 24.0 Å². The highest BCUT2D eigenvalue weighted by Gasteiger charge is 2.29. The van der Waals surface area contributed by atoms with E-state index in [-0.39, 0.29) is 6.10 Å². The van der Waals surface area contributed by atoms with Crippen LogP contribution in [0.25, 0.3) is 28.0 Å². The van der Waals surface area contributed by atoms with Crippen molar-refractivity contribution in [2.45, 2.75) is 30.3 Å². The maximum atomic E-state index is 10.00. The van der Waals surface area contributed by atoms with E-state index in [9.17, 15) is 5.11 Å². The Balaban J connectivity index is 1.81. The van der Waals surface area contributed by atoms with Gasteiger partial charge in [-0.15, -0.1) is 0 Å². The van der Waals surface area contributed by atoms with E-state index in [2.05, 4.69) is 70.2 Å². The summed E-state index contributed by atoms with van der Waals surface area (Å²) in [5, 5.41) is 12.2. The molecule has 3 aromatic carbocycles. The number of alkyl halides is 1. The van der Waals surface area contributed by atoms with Crippen molar-refractivity contribution in [3.8, 4) is 22.6 Å². The summed E-state index contributed by atoms with van der Waals surface area (Å²) in [6, 6.07) is 14.9. The molecule has 1 unspecified atom stereocenters. The van der Waals surface area contributed by atoms with E-state index < -0.39 is 4.41 Å². The summed E-state index contributed by atoms with van der Waals surface area (Å²) >= 11 is 3.68. The molecule has 2 aliphatic heterocycles. The van der Waals surface area contributed by atoms with Crippen LogP contribution in [0.3, 0.4) is 0 Å². The van der Waals surface area contributed by atoms with E-state index >= 15 is 0 Å². The molecule has 0 aliphatic carbocycles. The molecule has 1 saturated heterocycles. The van der Waals surface area contributed by atoms with Gasteiger partial charge in [-0.05, 0) is 76.0 Å². The lowest BCUT2D eigenvalue weighted by molar-refractivity contribution is 0.145. The molecular weight excluding hydrogens is 465 g/mol. The van der Waals surface area contributed by atoms with Crippen molar-refractivity contribution in [2.75, 3.05) is 25.1 Å². The molecule has 1 N–H and O–H groups in total. The highest BCUT2D eigenvalue weighted by Crippen LogP contribution is 2.48. The van der Waals surface area contributed by atoms with E-state index in [1.165, 1.54) is 16.7 Å². The van der Waals surface area contributed by atoms with Crippen LogP contribution in [-0.2, 0) is 0 Å². The van der Waals surface area contributed by atoms with Gasteiger partial charge in [0.1, 0.15) is 15.9 Å². The van der Waals surface area contributed by atoms with Crippen LogP contribution in [0.1, 0.15) is 24.0 Å². The van der Waals surface area contributed by atoms with E-state index in [4.69, 9.17) is 9.47 Å². The Morgan fingerprint density at radius 1 is 1.16 bits per heavy atom. The van der Waals surface area contributed by atoms with Gasteiger partial charge < -0.3 is 19.5 Å². The van der Waals surface area contributed by atoms with Crippen LogP contribution in [0.15, 0.2) is 48.5 Å². The normalized spacial score (nSPS) is 20.8. The van der Waals surface area contributed by atoms with Gasteiger partial charge in [0.2, 0.25) is 0 Å². The molecule has 0 amide bonds. The minimum Gasteiger partial charge on any atom is -0.495 e. The molecule has 4 nitrogen and oxygen atoms in total. The van der Waals surface area contributed by atoms with Crippen LogP contribution in [0.5, 0.6) is 11.5 Å². The van der Waals surface area contributed by atoms with Gasteiger partial charge in [0.25, 0.3) is 0 Å². The van der Waals surface area contributed by atoms with Crippen LogP contribution in [0.4, 0.5) is 5.69 Å². The zero-order valence-corrected chi connectivity index (χ0v) is 20.3. The Kier molecular flexibility index (Phi) is 5.46. The Morgan fingerprint density at radius 2 is 1.88 bits per heavy atom. The number of anilines is 1. The number of halogens is 1. The van der Waals surface area contributed by atoms with Gasteiger partial charge in [-0.2, -0.15) is 0 Å². The summed E-state index contributed by atoms with van der Waals surface area (Å²) in [6.45, 7) is 3.80. The molecule has 0 aromatic heterocycles. The van der Waals surface area contributed by atoms with Gasteiger partial charge in [-0.3, -0.25) is 0 Å². The van der Waals surface area contributed by atoms with Crippen molar-refractivity contribution in [2.24, 2.45) is 0 Å². The minimum absolute atomic E-state index is 0.219. The summed E-state index contributed by atoms with van der Waals surface area (Å²) < 4.78 is 11.7. The minimum atomic E-state index is -0.553. The number of hydrogen-bond donors (Lipinski definition) is 1. The Labute approximate surface area is 198 Å². The summed E-state index contributed by atoms with van der Waals surface area (Å²) in [5.41, 5.74) is 5.76. The number of aliphatic hydroxyl groups excluding tert-OH is 1. The number of benzene rings is 3. The molecule has 0 spiro atoms. The molecule has 1 atom stereocenters. The number of fused-ring (bicyclic) bond motifs is 3. The lowest BCUT2D eigenvalue weighted by Gasteiger charge is -2.34. The Hall–Kier alpha value is -2.44. The molecule has 32 heavy (non-hydrogen) atoms. The zero-order chi connectivity index (χ0) is 22.5. The second kappa shape index (κ2) is 8.16. The number of piperidine rings is 1. The molecule has 5 rings (SSSR count). The second-order valence-electron chi connectivity index (χ2n) is 8.82. The Morgan fingerprint density at radius 3 is 2.56 bits per heavy atom. The first-order valence-electron chi connectivity index (χ1n) is 11.1. The monoisotopic (exact) mass is 491 g/mol. The van der Waals surface area contributed by atoms with Crippen molar-refractivity contribution in [3.63, 3.8) is 0 Å². The molecule has 2 heterocycles. The quantitative estimate of drug-likeness (QED) is 0.419. The third-order valence-electron chi connectivity index (χ3n) is 6.57. The van der Waals surface area contributed by atoms with Crippen LogP contribution >= 0.6 is 15.9 Å². The first-order valence-corrected chi connectivity index (χ1v) is 11.9. The fraction of sp³-hybridized carbons (Fsp3) is 0.308. The number of hydrogen-bond acceptors (Lipinski definition) is 4. The number of nitrogens with zero attached hydrogens (tertiary/aromatic N) is 1. The molecule has 1 fully saturated rings. The molecular formula is C26H27BBrNO3. The first kappa shape index (κ1) is 21.4. The third-order valence-corrected chi connectivity index (χ3v) is 7.00. The summed E-state index contributed by atoms with van der Waals surface area (Å²) in [7, 11) is 3.72. The van der Waals surface area contributed by atoms with Gasteiger partial charge in [-0.1, -0.05) is 36.4 Å². The lowest BCUT2D eigenvalue weighted by atomic mass is 9.86. The summed E-state index contributed by atoms with van der Waals surface area (Å²) in [5.74, 6) is 1.70. The van der Waals surface area contributed by atoms with Crippen molar-refractivity contribution in [1.82, 2.24) is 0 Å². The number of aliphatic hydroxyl groups is 1. The average molecular weight is 492 g/mol. The van der Waals surface area contributed by atoms with E-state index in [1.807, 2.05) is 20.0 Å². The third kappa shape index (κ3) is 3.69. The van der Waals surface area contributed by atoms with Crippen molar-refractivity contribution in [3.05, 3.63) is 59.7 Å². The van der Waals surface area contributed by atoms with Crippen LogP contribution in [0.2, 0.25) is 0 Å². The van der Waals surface area contributed by atoms with Gasteiger partial charge >= 0.3 is 0 Å². The number of methoxy groups -OCH3 is 1. The van der Waals surface area contributed by atoms with Crippen LogP contribution in [0, 0.1) is 6.92 Å². The van der Waals surface area contributed by atoms with Gasteiger partial charge in [0.15, 0.2) is 7.85 Å². The van der Waals surface area contributed by atoms with Crippen molar-refractivity contribution in [1.29, 1.82) is 0 Å². The van der Waals surface area contributed by atoms with Crippen LogP contribution < -0.4 is 14.4 Å². The molecule has 0 saturated carbocycles. The Bertz CT molecular complexity index is 1200. The lowest BCUT2D eigenvalue weighted by Crippen LogP contribution is -2.36. The highest BCUT2D eigenvalue weighted by atomic mass is 79.9. The number of rotatable bonds is 3. The predicted octanol–water partition coefficient (Wildman–Crippen LogP) is 4.87. The fourth-order valence-electron chi connectivity index (χ4n) is 4.89. The standard InChI is InChI=1S/C26H27BBrNO3/c1-16-19-8-11-26(27,28)32-25(19)21-15-23(31-2)22(29-12-9-18(30)10-13-29)14-20(21)24(16)17-6-4-3-5-7-17/h3-8,11,14-15,18,30H,9-10,12-13,27H2,1-2H3. The van der Waals surface area contributed by atoms with E-state index in [1.54, 1.807) is 7.11 Å². The molecule has 0 bridgehead atoms. The average Bonchev–Trinajstić information content (AvgIpc) is 2.79. The number of ether oxygens (including phenoxy) is 2. The first-order chi connectivity index (χ1) is 15.4. The SMILES string of the molecule is BC1(Br)C=Cc2c(C)c(-c3ccccc3)c3cc(N4CCC(O)CC4)c(OC)cc3c2O1. The predicted molar refractivity (Wildman–Crippen MR) is 138 cm³/mol. The zero-order valence-electron chi connectivity index (χ0n) is 18.7. The smallest absolute Gasteiger partial charge is 0.178 e.